The number of benzene rings is 1. The Hall–Kier alpha value is -0.670. The smallest absolute Gasteiger partial charge is 0.311 e. The summed E-state index contributed by atoms with van der Waals surface area (Å²) in [5.74, 6) is -0.199. The van der Waals surface area contributed by atoms with E-state index in [1.807, 2.05) is 18.2 Å². The standard InChI is InChI=1S/C11H11ClO2S/c12-9-5-1-3-7-8(11(13)14)4-2-6-15-10(7)9/h1,3,5,8H,2,4,6H2,(H,13,14). The van der Waals surface area contributed by atoms with Crippen molar-refractivity contribution < 1.29 is 9.90 Å². The molecule has 0 saturated heterocycles. The number of hydrogen-bond donors (Lipinski definition) is 1. The molecular weight excluding hydrogens is 232 g/mol. The first-order chi connectivity index (χ1) is 7.20. The zero-order valence-electron chi connectivity index (χ0n) is 8.07. The molecule has 80 valence electrons. The average Bonchev–Trinajstić information content (AvgIpc) is 2.40. The molecule has 1 aliphatic rings. The van der Waals surface area contributed by atoms with E-state index in [0.717, 1.165) is 22.6 Å². The van der Waals surface area contributed by atoms with Crippen molar-refractivity contribution in [2.45, 2.75) is 23.7 Å². The highest BCUT2D eigenvalue weighted by Gasteiger charge is 2.25. The minimum atomic E-state index is -0.749. The molecule has 1 N–H and O–H groups in total. The second-order valence-electron chi connectivity index (χ2n) is 3.54. The van der Waals surface area contributed by atoms with Gasteiger partial charge in [-0.2, -0.15) is 0 Å². The molecule has 0 bridgehead atoms. The topological polar surface area (TPSA) is 37.3 Å². The summed E-state index contributed by atoms with van der Waals surface area (Å²) in [4.78, 5) is 12.1. The summed E-state index contributed by atoms with van der Waals surface area (Å²) < 4.78 is 0. The van der Waals surface area contributed by atoms with Gasteiger partial charge in [-0.1, -0.05) is 23.7 Å². The maximum absolute atomic E-state index is 11.1. The van der Waals surface area contributed by atoms with E-state index in [9.17, 15) is 4.79 Å². The highest BCUT2D eigenvalue weighted by atomic mass is 35.5. The summed E-state index contributed by atoms with van der Waals surface area (Å²) in [5.41, 5.74) is 0.873. The molecule has 0 spiro atoms. The predicted molar refractivity (Wildman–Crippen MR) is 61.8 cm³/mol. The van der Waals surface area contributed by atoms with Gasteiger partial charge in [0, 0.05) is 4.90 Å². The molecule has 2 rings (SSSR count). The van der Waals surface area contributed by atoms with Crippen molar-refractivity contribution in [3.63, 3.8) is 0 Å². The van der Waals surface area contributed by atoms with E-state index in [0.29, 0.717) is 11.4 Å². The van der Waals surface area contributed by atoms with Crippen molar-refractivity contribution in [1.29, 1.82) is 0 Å². The molecule has 0 saturated carbocycles. The molecule has 1 unspecified atom stereocenters. The molecular formula is C11H11ClO2S. The number of halogens is 1. The Morgan fingerprint density at radius 2 is 2.33 bits per heavy atom. The first-order valence-electron chi connectivity index (χ1n) is 4.84. The number of rotatable bonds is 1. The Bertz CT molecular complexity index is 392. The minimum Gasteiger partial charge on any atom is -0.481 e. The summed E-state index contributed by atoms with van der Waals surface area (Å²) in [5, 5.41) is 9.82. The van der Waals surface area contributed by atoms with Crippen LogP contribution in [-0.4, -0.2) is 16.8 Å². The lowest BCUT2D eigenvalue weighted by Crippen LogP contribution is -2.11. The Kier molecular flexibility index (Phi) is 3.22. The van der Waals surface area contributed by atoms with E-state index in [1.165, 1.54) is 0 Å². The Balaban J connectivity index is 2.49. The van der Waals surface area contributed by atoms with Crippen LogP contribution in [0, 0.1) is 0 Å². The summed E-state index contributed by atoms with van der Waals surface area (Å²) in [6.45, 7) is 0. The average molecular weight is 243 g/mol. The highest BCUT2D eigenvalue weighted by Crippen LogP contribution is 2.40. The number of fused-ring (bicyclic) bond motifs is 1. The van der Waals surface area contributed by atoms with Gasteiger partial charge >= 0.3 is 5.97 Å². The third kappa shape index (κ3) is 2.13. The van der Waals surface area contributed by atoms with Gasteiger partial charge < -0.3 is 5.11 Å². The predicted octanol–water partition coefficient (Wildman–Crippen LogP) is 3.39. The van der Waals surface area contributed by atoms with Crippen LogP contribution in [0.3, 0.4) is 0 Å². The lowest BCUT2D eigenvalue weighted by atomic mass is 9.95. The fraction of sp³-hybridized carbons (Fsp3) is 0.364. The molecule has 0 amide bonds. The van der Waals surface area contributed by atoms with Crippen molar-refractivity contribution in [3.8, 4) is 0 Å². The monoisotopic (exact) mass is 242 g/mol. The molecule has 0 fully saturated rings. The molecule has 4 heteroatoms. The van der Waals surface area contributed by atoms with Crippen molar-refractivity contribution in [2.24, 2.45) is 0 Å². The summed E-state index contributed by atoms with van der Waals surface area (Å²) in [6.07, 6.45) is 1.63. The van der Waals surface area contributed by atoms with Crippen molar-refractivity contribution in [2.75, 3.05) is 5.75 Å². The van der Waals surface area contributed by atoms with Gasteiger partial charge in [0.2, 0.25) is 0 Å². The molecule has 1 heterocycles. The van der Waals surface area contributed by atoms with Gasteiger partial charge in [-0.15, -0.1) is 11.8 Å². The van der Waals surface area contributed by atoms with Crippen LogP contribution in [0.4, 0.5) is 0 Å². The van der Waals surface area contributed by atoms with Crippen LogP contribution in [-0.2, 0) is 4.79 Å². The van der Waals surface area contributed by atoms with Crippen LogP contribution >= 0.6 is 23.4 Å². The van der Waals surface area contributed by atoms with Crippen LogP contribution in [0.25, 0.3) is 0 Å². The molecule has 0 aromatic heterocycles. The first-order valence-corrected chi connectivity index (χ1v) is 6.20. The normalized spacial score (nSPS) is 20.5. The number of carboxylic acid groups (broad SMARTS) is 1. The number of carbonyl (C=O) groups is 1. The molecule has 2 nitrogen and oxygen atoms in total. The fourth-order valence-electron chi connectivity index (χ4n) is 1.83. The molecule has 1 atom stereocenters. The number of hydrogen-bond acceptors (Lipinski definition) is 2. The van der Waals surface area contributed by atoms with Crippen LogP contribution in [0.2, 0.25) is 5.02 Å². The van der Waals surface area contributed by atoms with Gasteiger partial charge in [0.15, 0.2) is 0 Å². The largest absolute Gasteiger partial charge is 0.481 e. The van der Waals surface area contributed by atoms with E-state index in [4.69, 9.17) is 16.7 Å². The van der Waals surface area contributed by atoms with Gasteiger partial charge in [0.25, 0.3) is 0 Å². The van der Waals surface area contributed by atoms with E-state index < -0.39 is 11.9 Å². The fourth-order valence-corrected chi connectivity index (χ4v) is 3.27. The minimum absolute atomic E-state index is 0.395. The zero-order valence-corrected chi connectivity index (χ0v) is 9.64. The Morgan fingerprint density at radius 1 is 1.53 bits per heavy atom. The first kappa shape index (κ1) is 10.8. The lowest BCUT2D eigenvalue weighted by molar-refractivity contribution is -0.139. The number of aliphatic carboxylic acids is 1. The Labute approximate surface area is 97.6 Å². The number of thioether (sulfide) groups is 1. The second kappa shape index (κ2) is 4.45. The van der Waals surface area contributed by atoms with Gasteiger partial charge in [0.1, 0.15) is 0 Å². The highest BCUT2D eigenvalue weighted by molar-refractivity contribution is 7.99. The molecule has 15 heavy (non-hydrogen) atoms. The van der Waals surface area contributed by atoms with Crippen molar-refractivity contribution in [3.05, 3.63) is 28.8 Å². The maximum atomic E-state index is 11.1. The van der Waals surface area contributed by atoms with Crippen LogP contribution < -0.4 is 0 Å². The summed E-state index contributed by atoms with van der Waals surface area (Å²) in [6, 6.07) is 5.51. The van der Waals surface area contributed by atoms with E-state index >= 15 is 0 Å². The SMILES string of the molecule is O=C(O)C1CCCSc2c(Cl)cccc21. The third-order valence-corrected chi connectivity index (χ3v) is 4.22. The van der Waals surface area contributed by atoms with E-state index in [1.54, 1.807) is 11.8 Å². The van der Waals surface area contributed by atoms with Gasteiger partial charge in [0.05, 0.1) is 10.9 Å². The van der Waals surface area contributed by atoms with E-state index in [-0.39, 0.29) is 0 Å². The number of carboxylic acids is 1. The van der Waals surface area contributed by atoms with Gasteiger partial charge in [-0.25, -0.2) is 0 Å². The van der Waals surface area contributed by atoms with Crippen molar-refractivity contribution >= 4 is 29.3 Å². The van der Waals surface area contributed by atoms with E-state index in [2.05, 4.69) is 0 Å². The van der Waals surface area contributed by atoms with Crippen LogP contribution in [0.15, 0.2) is 23.1 Å². The summed E-state index contributed by atoms with van der Waals surface area (Å²) >= 11 is 7.73. The zero-order chi connectivity index (χ0) is 10.8. The molecule has 1 aliphatic heterocycles. The maximum Gasteiger partial charge on any atom is 0.311 e. The quantitative estimate of drug-likeness (QED) is 0.820. The van der Waals surface area contributed by atoms with Gasteiger partial charge in [-0.05, 0) is 30.2 Å². The van der Waals surface area contributed by atoms with Crippen molar-refractivity contribution in [1.82, 2.24) is 0 Å². The van der Waals surface area contributed by atoms with Gasteiger partial charge in [-0.3, -0.25) is 4.79 Å². The second-order valence-corrected chi connectivity index (χ2v) is 5.05. The van der Waals surface area contributed by atoms with Crippen LogP contribution in [0.5, 0.6) is 0 Å². The molecule has 0 radical (unpaired) electrons. The lowest BCUT2D eigenvalue weighted by Gasteiger charge is -2.13. The third-order valence-electron chi connectivity index (χ3n) is 2.55. The Morgan fingerprint density at radius 3 is 3.07 bits per heavy atom. The summed E-state index contributed by atoms with van der Waals surface area (Å²) in [7, 11) is 0. The molecule has 1 aromatic carbocycles. The van der Waals surface area contributed by atoms with Crippen LogP contribution in [0.1, 0.15) is 24.3 Å². The molecule has 0 aliphatic carbocycles. The molecule has 1 aromatic rings.